The fourth-order valence-corrected chi connectivity index (χ4v) is 3.26. The third-order valence-electron chi connectivity index (χ3n) is 4.92. The summed E-state index contributed by atoms with van der Waals surface area (Å²) in [4.78, 5) is 19.5. The van der Waals surface area contributed by atoms with Crippen LogP contribution < -0.4 is 15.4 Å². The number of methoxy groups -OCH3 is 1. The van der Waals surface area contributed by atoms with Gasteiger partial charge in [0.05, 0.1) is 17.1 Å². The Morgan fingerprint density at radius 2 is 1.91 bits per heavy atom. The fourth-order valence-electron chi connectivity index (χ4n) is 3.26. The molecule has 1 atom stereocenters. The molecule has 0 bridgehead atoms. The van der Waals surface area contributed by atoms with E-state index < -0.39 is 18.1 Å². The number of aliphatic hydroxyl groups excluding tert-OH is 1. The number of carbonyl (C=O) groups excluding carboxylic acids is 1. The molecular formula is C25H23FN4O4. The van der Waals surface area contributed by atoms with Crippen LogP contribution in [0.25, 0.3) is 11.4 Å². The van der Waals surface area contributed by atoms with E-state index >= 15 is 0 Å². The first-order valence-electron chi connectivity index (χ1n) is 10.4. The van der Waals surface area contributed by atoms with Gasteiger partial charge in [-0.05, 0) is 48.9 Å². The van der Waals surface area contributed by atoms with Crippen LogP contribution >= 0.6 is 0 Å². The molecule has 0 aliphatic heterocycles. The minimum absolute atomic E-state index is 0.0172. The summed E-state index contributed by atoms with van der Waals surface area (Å²) < 4.78 is 25.3. The lowest BCUT2D eigenvalue weighted by Crippen LogP contribution is -2.20. The second kappa shape index (κ2) is 10.2. The lowest BCUT2D eigenvalue weighted by molar-refractivity contribution is -0.0768. The van der Waals surface area contributed by atoms with Gasteiger partial charge < -0.3 is 30.2 Å². The molecule has 4 aromatic rings. The molecule has 0 saturated heterocycles. The topological polar surface area (TPSA) is 109 Å². The predicted molar refractivity (Wildman–Crippen MR) is 126 cm³/mol. The Morgan fingerprint density at radius 1 is 1.09 bits per heavy atom. The first-order valence-corrected chi connectivity index (χ1v) is 10.4. The average molecular weight is 462 g/mol. The number of aryl methyl sites for hydroxylation is 1. The van der Waals surface area contributed by atoms with Gasteiger partial charge in [0.15, 0.2) is 6.29 Å². The number of carbonyl (C=O) groups is 1. The van der Waals surface area contributed by atoms with E-state index in [4.69, 9.17) is 9.47 Å². The number of hydrogen-bond donors (Lipinski definition) is 4. The molecule has 34 heavy (non-hydrogen) atoms. The maximum absolute atomic E-state index is 14.6. The van der Waals surface area contributed by atoms with Crippen molar-refractivity contribution in [3.8, 4) is 22.9 Å². The quantitative estimate of drug-likeness (QED) is 0.268. The lowest BCUT2D eigenvalue weighted by Gasteiger charge is -2.11. The zero-order valence-electron chi connectivity index (χ0n) is 18.5. The lowest BCUT2D eigenvalue weighted by atomic mass is 10.2. The first-order chi connectivity index (χ1) is 16.4. The van der Waals surface area contributed by atoms with E-state index in [1.54, 1.807) is 42.7 Å². The fraction of sp³-hybridized carbons (Fsp3) is 0.120. The molecular weight excluding hydrogens is 439 g/mol. The zero-order valence-corrected chi connectivity index (χ0v) is 18.5. The number of aromatic amines is 1. The summed E-state index contributed by atoms with van der Waals surface area (Å²) in [6, 6.07) is 15.9. The van der Waals surface area contributed by atoms with Crippen molar-refractivity contribution in [2.45, 2.75) is 13.2 Å². The van der Waals surface area contributed by atoms with Crippen LogP contribution in [0.4, 0.5) is 20.6 Å². The van der Waals surface area contributed by atoms with Gasteiger partial charge in [0.1, 0.15) is 17.3 Å². The van der Waals surface area contributed by atoms with Crippen LogP contribution in [0.15, 0.2) is 73.1 Å². The molecule has 0 radical (unpaired) electrons. The molecule has 0 spiro atoms. The number of anilines is 2. The number of aliphatic hydroxyl groups is 1. The Morgan fingerprint density at radius 3 is 2.68 bits per heavy atom. The molecule has 2 heterocycles. The van der Waals surface area contributed by atoms with Crippen LogP contribution in [0.2, 0.25) is 0 Å². The van der Waals surface area contributed by atoms with Crippen molar-refractivity contribution in [2.75, 3.05) is 17.7 Å². The van der Waals surface area contributed by atoms with Crippen LogP contribution in [0.3, 0.4) is 0 Å². The van der Waals surface area contributed by atoms with Crippen LogP contribution in [-0.2, 0) is 4.74 Å². The van der Waals surface area contributed by atoms with E-state index in [2.05, 4.69) is 20.6 Å². The number of ether oxygens (including phenoxy) is 2. The van der Waals surface area contributed by atoms with Gasteiger partial charge in [0.2, 0.25) is 0 Å². The second-order valence-electron chi connectivity index (χ2n) is 7.50. The van der Waals surface area contributed by atoms with E-state index in [9.17, 15) is 14.3 Å². The largest absolute Gasteiger partial charge is 0.457 e. The van der Waals surface area contributed by atoms with Crippen molar-refractivity contribution >= 4 is 17.4 Å². The number of rotatable bonds is 7. The standard InChI is InChI=1S/C25H23FN4O4/c1-15-4-3-5-17(10-15)29-25(32)30-21-7-6-18(12-20(21)26)34-19-8-9-27-23(13-19)22-11-16(14-28-22)24(31)33-2/h3-14,24,28,31H,1-2H3,(H2,29,30,32). The Labute approximate surface area is 195 Å². The number of hydrogen-bond acceptors (Lipinski definition) is 5. The molecule has 9 heteroatoms. The highest BCUT2D eigenvalue weighted by molar-refractivity contribution is 5.99. The van der Waals surface area contributed by atoms with Gasteiger partial charge in [0.25, 0.3) is 0 Å². The Hall–Kier alpha value is -4.21. The van der Waals surface area contributed by atoms with Crippen molar-refractivity contribution < 1.29 is 23.8 Å². The minimum Gasteiger partial charge on any atom is -0.457 e. The highest BCUT2D eigenvalue weighted by atomic mass is 19.1. The van der Waals surface area contributed by atoms with Crippen molar-refractivity contribution in [3.05, 3.63) is 90.0 Å². The number of pyridine rings is 1. The van der Waals surface area contributed by atoms with Crippen LogP contribution in [0, 0.1) is 12.7 Å². The van der Waals surface area contributed by atoms with Crippen LogP contribution in [-0.4, -0.2) is 28.2 Å². The summed E-state index contributed by atoms with van der Waals surface area (Å²) >= 11 is 0. The molecule has 2 amide bonds. The number of benzene rings is 2. The van der Waals surface area contributed by atoms with Crippen molar-refractivity contribution in [1.82, 2.24) is 9.97 Å². The van der Waals surface area contributed by atoms with E-state index in [1.807, 2.05) is 25.1 Å². The number of aromatic nitrogens is 2. The van der Waals surface area contributed by atoms with Gasteiger partial charge in [-0.3, -0.25) is 4.98 Å². The summed E-state index contributed by atoms with van der Waals surface area (Å²) in [7, 11) is 1.40. The van der Waals surface area contributed by atoms with Crippen LogP contribution in [0.5, 0.6) is 11.5 Å². The van der Waals surface area contributed by atoms with Crippen molar-refractivity contribution in [2.24, 2.45) is 0 Å². The first kappa shape index (κ1) is 23.0. The highest BCUT2D eigenvalue weighted by Gasteiger charge is 2.12. The van der Waals surface area contributed by atoms with E-state index in [-0.39, 0.29) is 11.4 Å². The zero-order chi connectivity index (χ0) is 24.1. The van der Waals surface area contributed by atoms with Crippen molar-refractivity contribution in [1.29, 1.82) is 0 Å². The third kappa shape index (κ3) is 5.58. The normalized spacial score (nSPS) is 11.6. The molecule has 0 aliphatic rings. The SMILES string of the molecule is COC(O)c1c[nH]c(-c2cc(Oc3ccc(NC(=O)Nc4cccc(C)c4)c(F)c3)ccn2)c1. The molecule has 1 unspecified atom stereocenters. The van der Waals surface area contributed by atoms with Gasteiger partial charge in [-0.15, -0.1) is 0 Å². The average Bonchev–Trinajstić information content (AvgIpc) is 3.31. The maximum atomic E-state index is 14.6. The summed E-state index contributed by atoms with van der Waals surface area (Å²) in [5.41, 5.74) is 3.40. The third-order valence-corrected chi connectivity index (χ3v) is 4.92. The smallest absolute Gasteiger partial charge is 0.323 e. The molecule has 4 N–H and O–H groups in total. The van der Waals surface area contributed by atoms with Gasteiger partial charge in [0, 0.05) is 42.9 Å². The van der Waals surface area contributed by atoms with Gasteiger partial charge in [-0.2, -0.15) is 0 Å². The Kier molecular flexibility index (Phi) is 6.86. The summed E-state index contributed by atoms with van der Waals surface area (Å²) in [6.45, 7) is 1.91. The molecule has 4 rings (SSSR count). The van der Waals surface area contributed by atoms with Crippen molar-refractivity contribution in [3.63, 3.8) is 0 Å². The number of halogens is 1. The van der Waals surface area contributed by atoms with Gasteiger partial charge >= 0.3 is 6.03 Å². The van der Waals surface area contributed by atoms with Crippen LogP contribution in [0.1, 0.15) is 17.4 Å². The molecule has 174 valence electrons. The number of nitrogens with zero attached hydrogens (tertiary/aromatic N) is 1. The number of H-pyrrole nitrogens is 1. The molecule has 0 fully saturated rings. The van der Waals surface area contributed by atoms with E-state index in [0.29, 0.717) is 28.4 Å². The maximum Gasteiger partial charge on any atom is 0.323 e. The monoisotopic (exact) mass is 462 g/mol. The summed E-state index contributed by atoms with van der Waals surface area (Å²) in [6.07, 6.45) is 2.13. The predicted octanol–water partition coefficient (Wildman–Crippen LogP) is 5.60. The Bertz CT molecular complexity index is 1310. The van der Waals surface area contributed by atoms with E-state index in [0.717, 1.165) is 5.56 Å². The van der Waals surface area contributed by atoms with E-state index in [1.165, 1.54) is 19.2 Å². The van der Waals surface area contributed by atoms with Gasteiger partial charge in [-0.1, -0.05) is 12.1 Å². The molecule has 2 aromatic carbocycles. The van der Waals surface area contributed by atoms with Gasteiger partial charge in [-0.25, -0.2) is 9.18 Å². The number of nitrogens with one attached hydrogen (secondary N) is 3. The molecule has 8 nitrogen and oxygen atoms in total. The highest BCUT2D eigenvalue weighted by Crippen LogP contribution is 2.29. The molecule has 0 saturated carbocycles. The second-order valence-corrected chi connectivity index (χ2v) is 7.50. The molecule has 0 aliphatic carbocycles. The molecule has 2 aromatic heterocycles. The summed E-state index contributed by atoms with van der Waals surface area (Å²) in [5.74, 6) is 0.0424. The number of amides is 2. The number of urea groups is 1. The Balaban J connectivity index is 1.43. The minimum atomic E-state index is -1.04. The summed E-state index contributed by atoms with van der Waals surface area (Å²) in [5, 5.41) is 14.9.